The van der Waals surface area contributed by atoms with Crippen LogP contribution in [0.1, 0.15) is 13.3 Å². The van der Waals surface area contributed by atoms with Gasteiger partial charge in [-0.15, -0.1) is 24.2 Å². The predicted molar refractivity (Wildman–Crippen MR) is 117 cm³/mol. The van der Waals surface area contributed by atoms with Crippen LogP contribution in [0.4, 0.5) is 16.2 Å². The molecule has 10 heteroatoms. The molecule has 0 bridgehead atoms. The number of carbonyl (C=O) groups is 3. The van der Waals surface area contributed by atoms with Gasteiger partial charge >= 0.3 is 6.09 Å². The Kier molecular flexibility index (Phi) is 7.63. The first-order chi connectivity index (χ1) is 14.3. The van der Waals surface area contributed by atoms with E-state index in [0.29, 0.717) is 31.8 Å². The summed E-state index contributed by atoms with van der Waals surface area (Å²) in [6.07, 6.45) is 1.23. The summed E-state index contributed by atoms with van der Waals surface area (Å²) >= 11 is 10.0. The molecular weight excluding hydrogens is 430 g/mol. The first kappa shape index (κ1) is 22.5. The third-order valence-electron chi connectivity index (χ3n) is 4.69. The number of morpholine rings is 1. The topological polar surface area (TPSA) is 88.2 Å². The number of hydrogen-bond acceptors (Lipinski definition) is 6. The molecule has 3 amide bonds. The first-order valence-corrected chi connectivity index (χ1v) is 10.5. The van der Waals surface area contributed by atoms with Gasteiger partial charge in [0.2, 0.25) is 0 Å². The molecule has 0 radical (unpaired) electrons. The summed E-state index contributed by atoms with van der Waals surface area (Å²) in [5.41, 5.74) is 1.41. The molecule has 1 aromatic carbocycles. The summed E-state index contributed by atoms with van der Waals surface area (Å²) in [5, 5.41) is 2.63. The third kappa shape index (κ3) is 5.68. The van der Waals surface area contributed by atoms with Crippen molar-refractivity contribution in [2.75, 3.05) is 42.6 Å². The lowest BCUT2D eigenvalue weighted by Gasteiger charge is -2.27. The van der Waals surface area contributed by atoms with Gasteiger partial charge in [0.1, 0.15) is 12.7 Å². The third-order valence-corrected chi connectivity index (χ3v) is 5.26. The van der Waals surface area contributed by atoms with Crippen LogP contribution in [-0.2, 0) is 19.1 Å². The summed E-state index contributed by atoms with van der Waals surface area (Å²) in [4.78, 5) is 39.7. The Morgan fingerprint density at radius 3 is 2.60 bits per heavy atom. The Balaban J connectivity index is 1.55. The largest absolute Gasteiger partial charge is 0.442 e. The van der Waals surface area contributed by atoms with E-state index in [1.54, 1.807) is 35.2 Å². The molecule has 162 valence electrons. The quantitative estimate of drug-likeness (QED) is 0.376. The number of rotatable bonds is 7. The first-order valence-electron chi connectivity index (χ1n) is 9.63. The molecule has 1 unspecified atom stereocenters. The van der Waals surface area contributed by atoms with E-state index in [4.69, 9.17) is 21.1 Å². The highest BCUT2D eigenvalue weighted by Gasteiger charge is 2.32. The van der Waals surface area contributed by atoms with Gasteiger partial charge < -0.3 is 19.7 Å². The SMILES string of the molecule is CC(Cl)C/C=C(\S)C(=O)NC[C@H]1CN(c2ccc(N3CCOCC3=O)cc2)C(=O)O1. The number of anilines is 2. The fourth-order valence-corrected chi connectivity index (χ4v) is 3.38. The molecule has 1 N–H and O–H groups in total. The van der Waals surface area contributed by atoms with E-state index in [1.165, 1.54) is 4.90 Å². The average molecular weight is 454 g/mol. The number of ether oxygens (including phenoxy) is 2. The van der Waals surface area contributed by atoms with Crippen LogP contribution < -0.4 is 15.1 Å². The fourth-order valence-electron chi connectivity index (χ4n) is 3.11. The zero-order valence-electron chi connectivity index (χ0n) is 16.5. The Labute approximate surface area is 185 Å². The predicted octanol–water partition coefficient (Wildman–Crippen LogP) is 2.32. The lowest BCUT2D eigenvalue weighted by molar-refractivity contribution is -0.125. The standard InChI is InChI=1S/C20H24ClN3O5S/c1-13(21)2-7-17(30)19(26)22-10-16-11-24(20(27)29-16)15-5-3-14(4-6-15)23-8-9-28-12-18(23)25/h3-7,13,16,30H,2,8-12H2,1H3,(H,22,26)/b17-7-/t13?,16-/m0/s1. The van der Waals surface area contributed by atoms with Crippen molar-refractivity contribution >= 4 is 53.5 Å². The Bertz CT molecular complexity index is 830. The monoisotopic (exact) mass is 453 g/mol. The number of hydrogen-bond donors (Lipinski definition) is 2. The summed E-state index contributed by atoms with van der Waals surface area (Å²) in [5.74, 6) is -0.437. The number of alkyl halides is 1. The van der Waals surface area contributed by atoms with Crippen LogP contribution in [0.2, 0.25) is 0 Å². The molecule has 2 fully saturated rings. The van der Waals surface area contributed by atoms with Crippen LogP contribution >= 0.6 is 24.2 Å². The van der Waals surface area contributed by atoms with Crippen LogP contribution in [0.3, 0.4) is 0 Å². The summed E-state index contributed by atoms with van der Waals surface area (Å²) in [7, 11) is 0. The molecule has 2 heterocycles. The van der Waals surface area contributed by atoms with Gasteiger partial charge in [0.15, 0.2) is 0 Å². The average Bonchev–Trinajstić information content (AvgIpc) is 3.11. The molecule has 0 saturated carbocycles. The van der Waals surface area contributed by atoms with Crippen molar-refractivity contribution < 1.29 is 23.9 Å². The minimum atomic E-state index is -0.484. The molecule has 0 aliphatic carbocycles. The van der Waals surface area contributed by atoms with Crippen LogP contribution in [0.25, 0.3) is 0 Å². The van der Waals surface area contributed by atoms with Crippen molar-refractivity contribution in [3.63, 3.8) is 0 Å². The second-order valence-electron chi connectivity index (χ2n) is 7.05. The molecule has 1 aromatic rings. The van der Waals surface area contributed by atoms with Gasteiger partial charge in [0.25, 0.3) is 11.8 Å². The van der Waals surface area contributed by atoms with Gasteiger partial charge in [0, 0.05) is 23.3 Å². The van der Waals surface area contributed by atoms with Crippen LogP contribution in [0, 0.1) is 0 Å². The number of benzene rings is 1. The summed E-state index contributed by atoms with van der Waals surface area (Å²) < 4.78 is 10.5. The normalized spacial score (nSPS) is 20.9. The Hall–Kier alpha value is -2.23. The number of thiol groups is 1. The van der Waals surface area contributed by atoms with Gasteiger partial charge in [-0.2, -0.15) is 0 Å². The number of allylic oxidation sites excluding steroid dienone is 1. The van der Waals surface area contributed by atoms with Crippen molar-refractivity contribution in [2.45, 2.75) is 24.8 Å². The zero-order chi connectivity index (χ0) is 21.7. The van der Waals surface area contributed by atoms with Crippen molar-refractivity contribution in [3.8, 4) is 0 Å². The molecule has 2 aliphatic rings. The fraction of sp³-hybridized carbons (Fsp3) is 0.450. The second-order valence-corrected chi connectivity index (χ2v) is 8.27. The summed E-state index contributed by atoms with van der Waals surface area (Å²) in [6, 6.07) is 7.11. The number of cyclic esters (lactones) is 1. The highest BCUT2D eigenvalue weighted by atomic mass is 35.5. The lowest BCUT2D eigenvalue weighted by Crippen LogP contribution is -2.41. The number of halogens is 1. The maximum absolute atomic E-state index is 12.2. The van der Waals surface area contributed by atoms with Gasteiger partial charge in [0.05, 0.1) is 24.6 Å². The molecule has 30 heavy (non-hydrogen) atoms. The van der Waals surface area contributed by atoms with Gasteiger partial charge in [-0.1, -0.05) is 6.08 Å². The van der Waals surface area contributed by atoms with E-state index in [0.717, 1.165) is 5.69 Å². The number of amides is 3. The second kappa shape index (κ2) is 10.2. The molecule has 2 aliphatic heterocycles. The lowest BCUT2D eigenvalue weighted by atomic mass is 10.2. The van der Waals surface area contributed by atoms with Crippen molar-refractivity contribution in [3.05, 3.63) is 35.2 Å². The minimum absolute atomic E-state index is 0.0711. The Morgan fingerprint density at radius 2 is 1.97 bits per heavy atom. The van der Waals surface area contributed by atoms with Gasteiger partial charge in [-0.25, -0.2) is 4.79 Å². The van der Waals surface area contributed by atoms with Crippen LogP contribution in [0.5, 0.6) is 0 Å². The maximum Gasteiger partial charge on any atom is 0.414 e. The van der Waals surface area contributed by atoms with Crippen molar-refractivity contribution in [2.24, 2.45) is 0 Å². The Morgan fingerprint density at radius 1 is 1.30 bits per heavy atom. The highest BCUT2D eigenvalue weighted by molar-refractivity contribution is 7.85. The van der Waals surface area contributed by atoms with Gasteiger partial charge in [-0.05, 0) is 37.6 Å². The molecule has 8 nitrogen and oxygen atoms in total. The molecule has 0 spiro atoms. The zero-order valence-corrected chi connectivity index (χ0v) is 18.2. The van der Waals surface area contributed by atoms with E-state index in [9.17, 15) is 14.4 Å². The summed E-state index contributed by atoms with van der Waals surface area (Å²) in [6.45, 7) is 3.37. The maximum atomic E-state index is 12.2. The van der Waals surface area contributed by atoms with Gasteiger partial charge in [-0.3, -0.25) is 14.5 Å². The van der Waals surface area contributed by atoms with E-state index in [-0.39, 0.29) is 35.2 Å². The minimum Gasteiger partial charge on any atom is -0.442 e. The van der Waals surface area contributed by atoms with Crippen LogP contribution in [-0.4, -0.2) is 62.2 Å². The molecule has 2 atom stereocenters. The smallest absolute Gasteiger partial charge is 0.414 e. The van der Waals surface area contributed by atoms with E-state index >= 15 is 0 Å². The highest BCUT2D eigenvalue weighted by Crippen LogP contribution is 2.25. The molecule has 0 aromatic heterocycles. The van der Waals surface area contributed by atoms with Crippen molar-refractivity contribution in [1.29, 1.82) is 0 Å². The number of nitrogens with one attached hydrogen (secondary N) is 1. The molecule has 3 rings (SSSR count). The van der Waals surface area contributed by atoms with Crippen LogP contribution in [0.15, 0.2) is 35.2 Å². The van der Waals surface area contributed by atoms with E-state index in [1.807, 2.05) is 6.92 Å². The van der Waals surface area contributed by atoms with E-state index < -0.39 is 12.2 Å². The molecular formula is C20H24ClN3O5S. The molecule has 2 saturated heterocycles. The van der Waals surface area contributed by atoms with Crippen molar-refractivity contribution in [1.82, 2.24) is 5.32 Å². The number of carbonyl (C=O) groups excluding carboxylic acids is 3. The number of nitrogens with zero attached hydrogens (tertiary/aromatic N) is 2. The van der Waals surface area contributed by atoms with E-state index in [2.05, 4.69) is 17.9 Å².